The number of carbonyl (C=O) groups is 2. The number of nitrogens with zero attached hydrogens (tertiary/aromatic N) is 2. The highest BCUT2D eigenvalue weighted by molar-refractivity contribution is 5.90. The Kier molecular flexibility index (Phi) is 4.19. The summed E-state index contributed by atoms with van der Waals surface area (Å²) in [5.41, 5.74) is -0.583. The van der Waals surface area contributed by atoms with Crippen LogP contribution < -0.4 is 10.6 Å². The van der Waals surface area contributed by atoms with Crippen LogP contribution in [0.3, 0.4) is 0 Å². The Morgan fingerprint density at radius 1 is 1.57 bits per heavy atom. The van der Waals surface area contributed by atoms with Gasteiger partial charge >= 0.3 is 6.18 Å². The monoisotopic (exact) mass is 304 g/mol. The summed E-state index contributed by atoms with van der Waals surface area (Å²) in [5.74, 6) is -0.505. The molecule has 0 radical (unpaired) electrons. The summed E-state index contributed by atoms with van der Waals surface area (Å²) in [6.07, 6.45) is -3.73. The number of halogens is 3. The van der Waals surface area contributed by atoms with E-state index in [1.54, 1.807) is 0 Å². The Morgan fingerprint density at radius 2 is 2.29 bits per heavy atom. The van der Waals surface area contributed by atoms with E-state index in [1.165, 1.54) is 11.6 Å². The lowest BCUT2D eigenvalue weighted by molar-refractivity contribution is -0.141. The number of hydrogen-bond donors (Lipinski definition) is 2. The fraction of sp³-hybridized carbons (Fsp3) is 0.583. The summed E-state index contributed by atoms with van der Waals surface area (Å²) in [4.78, 5) is 22.7. The molecule has 0 saturated carbocycles. The van der Waals surface area contributed by atoms with E-state index in [2.05, 4.69) is 15.7 Å². The highest BCUT2D eigenvalue weighted by atomic mass is 19.4. The molecule has 2 amide bonds. The largest absolute Gasteiger partial charge is 0.435 e. The maximum atomic E-state index is 12.5. The van der Waals surface area contributed by atoms with E-state index in [0.717, 1.165) is 6.07 Å². The predicted octanol–water partition coefficient (Wildman–Crippen LogP) is 0.605. The molecule has 1 fully saturated rings. The van der Waals surface area contributed by atoms with E-state index in [1.807, 2.05) is 0 Å². The SMILES string of the molecule is Cc1cc(C(F)(F)F)nn1CCNC(=O)[C@H]1CCC(=O)N1. The first-order valence-corrected chi connectivity index (χ1v) is 6.46. The summed E-state index contributed by atoms with van der Waals surface area (Å²) in [6, 6.07) is 0.404. The first kappa shape index (κ1) is 15.3. The average Bonchev–Trinajstić information content (AvgIpc) is 2.96. The van der Waals surface area contributed by atoms with Gasteiger partial charge in [0.05, 0.1) is 6.54 Å². The van der Waals surface area contributed by atoms with E-state index in [-0.39, 0.29) is 24.9 Å². The van der Waals surface area contributed by atoms with Gasteiger partial charge < -0.3 is 10.6 Å². The van der Waals surface area contributed by atoms with Gasteiger partial charge in [0, 0.05) is 18.7 Å². The van der Waals surface area contributed by atoms with E-state index in [0.29, 0.717) is 18.5 Å². The highest BCUT2D eigenvalue weighted by Crippen LogP contribution is 2.28. The van der Waals surface area contributed by atoms with Crippen LogP contribution in [0.25, 0.3) is 0 Å². The standard InChI is InChI=1S/C12H15F3N4O2/c1-7-6-9(12(13,14)15)18-19(7)5-4-16-11(21)8-2-3-10(20)17-8/h6,8H,2-5H2,1H3,(H,16,21)(H,17,20)/t8-/m1/s1. The zero-order valence-electron chi connectivity index (χ0n) is 11.3. The van der Waals surface area contributed by atoms with Crippen LogP contribution >= 0.6 is 0 Å². The van der Waals surface area contributed by atoms with Gasteiger partial charge in [-0.15, -0.1) is 0 Å². The van der Waals surface area contributed by atoms with Gasteiger partial charge in [-0.1, -0.05) is 0 Å². The van der Waals surface area contributed by atoms with Crippen molar-refractivity contribution in [3.8, 4) is 0 Å². The van der Waals surface area contributed by atoms with Crippen molar-refractivity contribution in [2.75, 3.05) is 6.54 Å². The zero-order valence-corrected chi connectivity index (χ0v) is 11.3. The fourth-order valence-electron chi connectivity index (χ4n) is 2.09. The molecule has 6 nitrogen and oxygen atoms in total. The van der Waals surface area contributed by atoms with E-state index in [9.17, 15) is 22.8 Å². The van der Waals surface area contributed by atoms with Crippen molar-refractivity contribution in [3.05, 3.63) is 17.5 Å². The molecular formula is C12H15F3N4O2. The molecule has 2 N–H and O–H groups in total. The smallest absolute Gasteiger partial charge is 0.352 e. The van der Waals surface area contributed by atoms with Crippen molar-refractivity contribution in [1.82, 2.24) is 20.4 Å². The van der Waals surface area contributed by atoms with Gasteiger partial charge in [0.1, 0.15) is 6.04 Å². The maximum absolute atomic E-state index is 12.5. The molecule has 0 aliphatic carbocycles. The molecule has 0 bridgehead atoms. The Morgan fingerprint density at radius 3 is 2.81 bits per heavy atom. The predicted molar refractivity (Wildman–Crippen MR) is 66.1 cm³/mol. The number of aromatic nitrogens is 2. The van der Waals surface area contributed by atoms with Crippen LogP contribution in [0.15, 0.2) is 6.07 Å². The lowest BCUT2D eigenvalue weighted by Gasteiger charge is -2.11. The molecule has 9 heteroatoms. The minimum Gasteiger partial charge on any atom is -0.352 e. The molecule has 2 heterocycles. The Labute approximate surface area is 118 Å². The lowest BCUT2D eigenvalue weighted by atomic mass is 10.2. The highest BCUT2D eigenvalue weighted by Gasteiger charge is 2.34. The molecule has 0 spiro atoms. The van der Waals surface area contributed by atoms with Crippen LogP contribution in [0.5, 0.6) is 0 Å². The summed E-state index contributed by atoms with van der Waals surface area (Å²) < 4.78 is 38.7. The molecule has 1 aromatic rings. The number of nitrogens with one attached hydrogen (secondary N) is 2. The van der Waals surface area contributed by atoms with Crippen molar-refractivity contribution in [3.63, 3.8) is 0 Å². The zero-order chi connectivity index (χ0) is 15.6. The van der Waals surface area contributed by atoms with Crippen LogP contribution in [0, 0.1) is 6.92 Å². The molecule has 1 atom stereocenters. The van der Waals surface area contributed by atoms with E-state index < -0.39 is 17.9 Å². The molecule has 2 rings (SSSR count). The van der Waals surface area contributed by atoms with Gasteiger partial charge in [0.25, 0.3) is 0 Å². The van der Waals surface area contributed by atoms with Crippen LogP contribution in [0.4, 0.5) is 13.2 Å². The molecule has 0 aromatic carbocycles. The first-order valence-electron chi connectivity index (χ1n) is 6.46. The summed E-state index contributed by atoms with van der Waals surface area (Å²) in [5, 5.41) is 8.55. The third kappa shape index (κ3) is 3.73. The summed E-state index contributed by atoms with van der Waals surface area (Å²) in [7, 11) is 0. The second kappa shape index (κ2) is 5.74. The Balaban J connectivity index is 1.85. The van der Waals surface area contributed by atoms with Gasteiger partial charge in [0.15, 0.2) is 5.69 Å². The molecule has 1 saturated heterocycles. The fourth-order valence-corrected chi connectivity index (χ4v) is 2.09. The van der Waals surface area contributed by atoms with Crippen LogP contribution in [-0.2, 0) is 22.3 Å². The maximum Gasteiger partial charge on any atom is 0.435 e. The van der Waals surface area contributed by atoms with Crippen LogP contribution in [0.1, 0.15) is 24.2 Å². The van der Waals surface area contributed by atoms with Crippen molar-refractivity contribution in [2.24, 2.45) is 0 Å². The van der Waals surface area contributed by atoms with Crippen LogP contribution in [-0.4, -0.2) is 34.2 Å². The molecule has 116 valence electrons. The van der Waals surface area contributed by atoms with Crippen molar-refractivity contribution in [1.29, 1.82) is 0 Å². The van der Waals surface area contributed by atoms with Gasteiger partial charge in [-0.05, 0) is 19.4 Å². The van der Waals surface area contributed by atoms with Crippen molar-refractivity contribution in [2.45, 2.75) is 38.5 Å². The number of rotatable bonds is 4. The van der Waals surface area contributed by atoms with Gasteiger partial charge in [-0.3, -0.25) is 14.3 Å². The molecule has 0 unspecified atom stereocenters. The second-order valence-electron chi connectivity index (χ2n) is 4.84. The normalized spacial score (nSPS) is 18.7. The number of carbonyl (C=O) groups excluding carboxylic acids is 2. The minimum absolute atomic E-state index is 0.133. The average molecular weight is 304 g/mol. The second-order valence-corrected chi connectivity index (χ2v) is 4.84. The number of aryl methyl sites for hydroxylation is 1. The summed E-state index contributed by atoms with van der Waals surface area (Å²) >= 11 is 0. The lowest BCUT2D eigenvalue weighted by Crippen LogP contribution is -2.42. The number of amides is 2. The molecule has 1 aliphatic heterocycles. The number of hydrogen-bond acceptors (Lipinski definition) is 3. The number of alkyl halides is 3. The van der Waals surface area contributed by atoms with Crippen molar-refractivity contribution >= 4 is 11.8 Å². The molecule has 1 aromatic heterocycles. The molecule has 21 heavy (non-hydrogen) atoms. The van der Waals surface area contributed by atoms with E-state index >= 15 is 0 Å². The van der Waals surface area contributed by atoms with Gasteiger partial charge in [-0.25, -0.2) is 0 Å². The molecular weight excluding hydrogens is 289 g/mol. The van der Waals surface area contributed by atoms with Crippen LogP contribution in [0.2, 0.25) is 0 Å². The first-order chi connectivity index (χ1) is 9.77. The van der Waals surface area contributed by atoms with Gasteiger partial charge in [-0.2, -0.15) is 18.3 Å². The Hall–Kier alpha value is -2.06. The quantitative estimate of drug-likeness (QED) is 0.855. The van der Waals surface area contributed by atoms with E-state index in [4.69, 9.17) is 0 Å². The summed E-state index contributed by atoms with van der Waals surface area (Å²) in [6.45, 7) is 1.79. The Bertz CT molecular complexity index is 553. The van der Waals surface area contributed by atoms with Crippen molar-refractivity contribution < 1.29 is 22.8 Å². The van der Waals surface area contributed by atoms with Gasteiger partial charge in [0.2, 0.25) is 11.8 Å². The minimum atomic E-state index is -4.48. The molecule has 1 aliphatic rings. The third-order valence-corrected chi connectivity index (χ3v) is 3.21. The third-order valence-electron chi connectivity index (χ3n) is 3.21. The topological polar surface area (TPSA) is 76.0 Å².